The molecule has 1 heterocycles. The summed E-state index contributed by atoms with van der Waals surface area (Å²) in [5.41, 5.74) is 0.552. The third-order valence-corrected chi connectivity index (χ3v) is 4.75. The van der Waals surface area contributed by atoms with Gasteiger partial charge in [0.2, 0.25) is 0 Å². The fraction of sp³-hybridized carbons (Fsp3) is 1.00. The molecule has 1 aliphatic heterocycles. The molecule has 2 nitrogen and oxygen atoms in total. The van der Waals surface area contributed by atoms with Gasteiger partial charge in [-0.05, 0) is 37.1 Å². The van der Waals surface area contributed by atoms with E-state index in [4.69, 9.17) is 4.74 Å². The van der Waals surface area contributed by atoms with Crippen LogP contribution in [-0.4, -0.2) is 26.3 Å². The number of hydrogen-bond donors (Lipinski definition) is 1. The Morgan fingerprint density at radius 1 is 1.12 bits per heavy atom. The highest BCUT2D eigenvalue weighted by atomic mass is 16.5. The van der Waals surface area contributed by atoms with Crippen LogP contribution in [0.3, 0.4) is 0 Å². The highest BCUT2D eigenvalue weighted by Crippen LogP contribution is 2.40. The fourth-order valence-corrected chi connectivity index (χ4v) is 3.65. The summed E-state index contributed by atoms with van der Waals surface area (Å²) >= 11 is 0. The molecular formula is C15H29NO. The van der Waals surface area contributed by atoms with Gasteiger partial charge in [0.05, 0.1) is 0 Å². The summed E-state index contributed by atoms with van der Waals surface area (Å²) in [7, 11) is 0. The average molecular weight is 239 g/mol. The first-order valence-corrected chi connectivity index (χ1v) is 7.63. The Morgan fingerprint density at radius 2 is 1.82 bits per heavy atom. The Labute approximate surface area is 107 Å². The largest absolute Gasteiger partial charge is 0.381 e. The minimum Gasteiger partial charge on any atom is -0.381 e. The summed E-state index contributed by atoms with van der Waals surface area (Å²) in [5.74, 6) is 1.00. The Kier molecular flexibility index (Phi) is 5.30. The lowest BCUT2D eigenvalue weighted by atomic mass is 9.70. The maximum absolute atomic E-state index is 5.57. The molecule has 2 rings (SSSR count). The van der Waals surface area contributed by atoms with Crippen LogP contribution in [0.15, 0.2) is 0 Å². The first-order valence-electron chi connectivity index (χ1n) is 7.63. The van der Waals surface area contributed by atoms with Crippen LogP contribution in [0.5, 0.6) is 0 Å². The Bertz CT molecular complexity index is 205. The summed E-state index contributed by atoms with van der Waals surface area (Å²) in [6, 6.07) is 0. The van der Waals surface area contributed by atoms with Gasteiger partial charge in [-0.15, -0.1) is 0 Å². The Balaban J connectivity index is 1.88. The molecule has 0 amide bonds. The third kappa shape index (κ3) is 3.96. The second kappa shape index (κ2) is 6.75. The van der Waals surface area contributed by atoms with Gasteiger partial charge < -0.3 is 10.1 Å². The minimum atomic E-state index is 0.552. The maximum atomic E-state index is 5.57. The van der Waals surface area contributed by atoms with Crippen molar-refractivity contribution in [2.45, 2.75) is 58.3 Å². The lowest BCUT2D eigenvalue weighted by Gasteiger charge is -2.41. The number of hydrogen-bond acceptors (Lipinski definition) is 2. The molecule has 0 radical (unpaired) electrons. The predicted octanol–water partition coefficient (Wildman–Crippen LogP) is 3.36. The van der Waals surface area contributed by atoms with Crippen molar-refractivity contribution in [1.29, 1.82) is 0 Å². The minimum absolute atomic E-state index is 0.552. The Morgan fingerprint density at radius 3 is 2.47 bits per heavy atom. The number of ether oxygens (including phenoxy) is 1. The van der Waals surface area contributed by atoms with Gasteiger partial charge in [0.1, 0.15) is 0 Å². The molecule has 0 unspecified atom stereocenters. The molecule has 0 bridgehead atoms. The first-order chi connectivity index (χ1) is 8.35. The van der Waals surface area contributed by atoms with E-state index in [1.54, 1.807) is 0 Å². The van der Waals surface area contributed by atoms with Crippen molar-refractivity contribution < 1.29 is 4.74 Å². The van der Waals surface area contributed by atoms with E-state index in [2.05, 4.69) is 12.2 Å². The molecular weight excluding hydrogens is 210 g/mol. The van der Waals surface area contributed by atoms with Crippen LogP contribution in [-0.2, 0) is 4.74 Å². The molecule has 1 aliphatic carbocycles. The molecule has 2 aliphatic rings. The summed E-state index contributed by atoms with van der Waals surface area (Å²) in [4.78, 5) is 0. The second-order valence-electron chi connectivity index (χ2n) is 6.10. The van der Waals surface area contributed by atoms with Gasteiger partial charge in [-0.2, -0.15) is 0 Å². The van der Waals surface area contributed by atoms with Crippen LogP contribution >= 0.6 is 0 Å². The van der Waals surface area contributed by atoms with Gasteiger partial charge in [-0.25, -0.2) is 0 Å². The van der Waals surface area contributed by atoms with Crippen molar-refractivity contribution in [1.82, 2.24) is 5.32 Å². The lowest BCUT2D eigenvalue weighted by Crippen LogP contribution is -2.40. The molecule has 17 heavy (non-hydrogen) atoms. The summed E-state index contributed by atoms with van der Waals surface area (Å²) < 4.78 is 5.57. The van der Waals surface area contributed by atoms with Crippen molar-refractivity contribution in [3.05, 3.63) is 0 Å². The van der Waals surface area contributed by atoms with Crippen LogP contribution in [0, 0.1) is 11.3 Å². The van der Waals surface area contributed by atoms with Crippen LogP contribution in [0.2, 0.25) is 0 Å². The van der Waals surface area contributed by atoms with Gasteiger partial charge >= 0.3 is 0 Å². The van der Waals surface area contributed by atoms with Crippen molar-refractivity contribution in [3.8, 4) is 0 Å². The summed E-state index contributed by atoms with van der Waals surface area (Å²) in [5, 5.41) is 3.59. The molecule has 1 saturated carbocycles. The number of nitrogens with one attached hydrogen (secondary N) is 1. The smallest absolute Gasteiger partial charge is 0.0471 e. The fourth-order valence-electron chi connectivity index (χ4n) is 3.65. The monoisotopic (exact) mass is 239 g/mol. The standard InChI is InChI=1S/C15H29NO/c1-2-16-13-15(8-10-17-11-9-15)12-14-6-4-3-5-7-14/h14,16H,2-13H2,1H3. The molecule has 0 atom stereocenters. The molecule has 0 aromatic carbocycles. The van der Waals surface area contributed by atoms with E-state index in [0.29, 0.717) is 5.41 Å². The van der Waals surface area contributed by atoms with Gasteiger partial charge in [0.15, 0.2) is 0 Å². The summed E-state index contributed by atoms with van der Waals surface area (Å²) in [6.45, 7) is 6.50. The van der Waals surface area contributed by atoms with E-state index < -0.39 is 0 Å². The van der Waals surface area contributed by atoms with Crippen LogP contribution in [0.25, 0.3) is 0 Å². The first kappa shape index (κ1) is 13.4. The molecule has 1 saturated heterocycles. The SMILES string of the molecule is CCNCC1(CC2CCCCC2)CCOCC1. The van der Waals surface area contributed by atoms with Crippen molar-refractivity contribution >= 4 is 0 Å². The van der Waals surface area contributed by atoms with E-state index in [1.165, 1.54) is 57.9 Å². The van der Waals surface area contributed by atoms with E-state index in [-0.39, 0.29) is 0 Å². The topological polar surface area (TPSA) is 21.3 Å². The molecule has 0 aromatic rings. The van der Waals surface area contributed by atoms with E-state index in [0.717, 1.165) is 25.7 Å². The predicted molar refractivity (Wildman–Crippen MR) is 72.2 cm³/mol. The van der Waals surface area contributed by atoms with Gasteiger partial charge in [-0.3, -0.25) is 0 Å². The van der Waals surface area contributed by atoms with Crippen molar-refractivity contribution in [3.63, 3.8) is 0 Å². The van der Waals surface area contributed by atoms with Crippen LogP contribution in [0.1, 0.15) is 58.3 Å². The van der Waals surface area contributed by atoms with Gasteiger partial charge in [0, 0.05) is 19.8 Å². The molecule has 1 N–H and O–H groups in total. The zero-order valence-corrected chi connectivity index (χ0v) is 11.5. The lowest BCUT2D eigenvalue weighted by molar-refractivity contribution is -0.000564. The molecule has 0 spiro atoms. The number of rotatable bonds is 5. The van der Waals surface area contributed by atoms with Crippen LogP contribution < -0.4 is 5.32 Å². The quantitative estimate of drug-likeness (QED) is 0.794. The van der Waals surface area contributed by atoms with Crippen LogP contribution in [0.4, 0.5) is 0 Å². The van der Waals surface area contributed by atoms with Crippen molar-refractivity contribution in [2.75, 3.05) is 26.3 Å². The van der Waals surface area contributed by atoms with Crippen molar-refractivity contribution in [2.24, 2.45) is 11.3 Å². The van der Waals surface area contributed by atoms with E-state index in [9.17, 15) is 0 Å². The average Bonchev–Trinajstić information content (AvgIpc) is 2.39. The van der Waals surface area contributed by atoms with Gasteiger partial charge in [-0.1, -0.05) is 39.0 Å². The highest BCUT2D eigenvalue weighted by Gasteiger charge is 2.34. The molecule has 2 fully saturated rings. The van der Waals surface area contributed by atoms with Gasteiger partial charge in [0.25, 0.3) is 0 Å². The van der Waals surface area contributed by atoms with E-state index >= 15 is 0 Å². The zero-order chi connectivity index (χ0) is 12.0. The zero-order valence-electron chi connectivity index (χ0n) is 11.5. The normalized spacial score (nSPS) is 25.9. The molecule has 0 aromatic heterocycles. The third-order valence-electron chi connectivity index (χ3n) is 4.75. The molecule has 2 heteroatoms. The Hall–Kier alpha value is -0.0800. The maximum Gasteiger partial charge on any atom is 0.0471 e. The highest BCUT2D eigenvalue weighted by molar-refractivity contribution is 4.87. The molecule has 100 valence electrons. The second-order valence-corrected chi connectivity index (χ2v) is 6.10. The summed E-state index contributed by atoms with van der Waals surface area (Å²) in [6.07, 6.45) is 11.4. The van der Waals surface area contributed by atoms with E-state index in [1.807, 2.05) is 0 Å².